The second-order valence-corrected chi connectivity index (χ2v) is 8.59. The lowest BCUT2D eigenvalue weighted by atomic mass is 9.73. The van der Waals surface area contributed by atoms with Gasteiger partial charge in [-0.15, -0.1) is 6.58 Å². The monoisotopic (exact) mass is 385 g/mol. The van der Waals surface area contributed by atoms with Crippen LogP contribution in [0.5, 0.6) is 0 Å². The maximum absolute atomic E-state index is 11.4. The largest absolute Gasteiger partial charge is 0.387 e. The predicted molar refractivity (Wildman–Crippen MR) is 116 cm³/mol. The van der Waals surface area contributed by atoms with E-state index in [9.17, 15) is 5.11 Å². The Morgan fingerprint density at radius 3 is 2.66 bits per heavy atom. The van der Waals surface area contributed by atoms with Gasteiger partial charge in [0, 0.05) is 35.8 Å². The van der Waals surface area contributed by atoms with Gasteiger partial charge in [-0.05, 0) is 37.3 Å². The molecule has 3 aromatic rings. The van der Waals surface area contributed by atoms with Crippen LogP contribution in [0.3, 0.4) is 0 Å². The minimum Gasteiger partial charge on any atom is -0.387 e. The third-order valence-electron chi connectivity index (χ3n) is 6.99. The van der Waals surface area contributed by atoms with Crippen molar-refractivity contribution in [3.8, 4) is 0 Å². The Labute approximate surface area is 172 Å². The zero-order valence-corrected chi connectivity index (χ0v) is 16.8. The maximum Gasteiger partial charge on any atom is 0.213 e. The number of hydrogen-bond donors (Lipinski definition) is 1. The van der Waals surface area contributed by atoms with Crippen LogP contribution in [0, 0.1) is 11.8 Å². The van der Waals surface area contributed by atoms with Crippen molar-refractivity contribution in [3.05, 3.63) is 90.6 Å². The van der Waals surface area contributed by atoms with Crippen LogP contribution in [0.4, 0.5) is 0 Å². The smallest absolute Gasteiger partial charge is 0.213 e. The molecule has 0 spiro atoms. The highest BCUT2D eigenvalue weighted by atomic mass is 16.3. The van der Waals surface area contributed by atoms with Crippen molar-refractivity contribution in [2.75, 3.05) is 13.1 Å². The van der Waals surface area contributed by atoms with E-state index in [-0.39, 0.29) is 6.04 Å². The summed E-state index contributed by atoms with van der Waals surface area (Å²) in [6, 6.07) is 21.3. The molecule has 148 valence electrons. The molecule has 0 aliphatic carbocycles. The van der Waals surface area contributed by atoms with Gasteiger partial charge in [0.1, 0.15) is 0 Å². The topological polar surface area (TPSA) is 27.3 Å². The fourth-order valence-electron chi connectivity index (χ4n) is 5.40. The van der Waals surface area contributed by atoms with Gasteiger partial charge in [0.2, 0.25) is 5.52 Å². The molecule has 3 aliphatic rings. The van der Waals surface area contributed by atoms with E-state index in [4.69, 9.17) is 0 Å². The second kappa shape index (κ2) is 7.74. The van der Waals surface area contributed by atoms with Crippen LogP contribution in [0.2, 0.25) is 0 Å². The number of aliphatic hydroxyl groups is 1. The van der Waals surface area contributed by atoms with Crippen LogP contribution < -0.4 is 4.57 Å². The first-order valence-corrected chi connectivity index (χ1v) is 10.7. The summed E-state index contributed by atoms with van der Waals surface area (Å²) < 4.78 is 2.28. The molecule has 5 atom stereocenters. The number of nitrogens with zero attached hydrogens (tertiary/aromatic N) is 2. The van der Waals surface area contributed by atoms with Crippen molar-refractivity contribution < 1.29 is 9.67 Å². The standard InChI is InChI=1S/C26H29N2O/c1-2-20-18-28-14-12-21(20)16-25(28)26(29)23-13-15-27(17-19-8-4-3-5-9-19)24-11-7-6-10-22(23)24/h2-11,13,15,20-21,25-26,29H,1,12,14,16-18H2/q+1. The SMILES string of the molecule is C=CC1CN2CCC1CC2C(O)c1cc[n+](Cc2ccccc2)c2ccccc12. The van der Waals surface area contributed by atoms with Crippen molar-refractivity contribution in [2.24, 2.45) is 11.8 Å². The van der Waals surface area contributed by atoms with Crippen LogP contribution in [-0.2, 0) is 6.54 Å². The Morgan fingerprint density at radius 2 is 1.90 bits per heavy atom. The molecule has 5 unspecified atom stereocenters. The van der Waals surface area contributed by atoms with Gasteiger partial charge in [0.05, 0.1) is 11.5 Å². The fraction of sp³-hybridized carbons (Fsp3) is 0.346. The molecular formula is C26H29N2O+. The quantitative estimate of drug-likeness (QED) is 0.529. The highest BCUT2D eigenvalue weighted by Crippen LogP contribution is 2.41. The zero-order valence-electron chi connectivity index (χ0n) is 16.8. The van der Waals surface area contributed by atoms with Gasteiger partial charge < -0.3 is 5.11 Å². The van der Waals surface area contributed by atoms with Crippen LogP contribution in [0.25, 0.3) is 10.9 Å². The Kier molecular flexibility index (Phi) is 4.94. The molecule has 6 rings (SSSR count). The highest BCUT2D eigenvalue weighted by Gasteiger charge is 2.42. The summed E-state index contributed by atoms with van der Waals surface area (Å²) in [5.74, 6) is 1.24. The van der Waals surface area contributed by atoms with E-state index in [2.05, 4.69) is 89.0 Å². The third-order valence-corrected chi connectivity index (χ3v) is 6.99. The first-order chi connectivity index (χ1) is 14.2. The summed E-state index contributed by atoms with van der Waals surface area (Å²) in [6.07, 6.45) is 6.08. The molecule has 29 heavy (non-hydrogen) atoms. The summed E-state index contributed by atoms with van der Waals surface area (Å²) in [5.41, 5.74) is 3.51. The highest BCUT2D eigenvalue weighted by molar-refractivity contribution is 5.79. The van der Waals surface area contributed by atoms with Crippen molar-refractivity contribution in [2.45, 2.75) is 31.5 Å². The van der Waals surface area contributed by atoms with Crippen molar-refractivity contribution in [1.29, 1.82) is 0 Å². The van der Waals surface area contributed by atoms with Crippen molar-refractivity contribution >= 4 is 10.9 Å². The van der Waals surface area contributed by atoms with Gasteiger partial charge in [0.15, 0.2) is 12.7 Å². The maximum atomic E-state index is 11.4. The summed E-state index contributed by atoms with van der Waals surface area (Å²) in [4.78, 5) is 2.48. The second-order valence-electron chi connectivity index (χ2n) is 8.59. The van der Waals surface area contributed by atoms with Gasteiger partial charge >= 0.3 is 0 Å². The lowest BCUT2D eigenvalue weighted by molar-refractivity contribution is -0.662. The summed E-state index contributed by atoms with van der Waals surface area (Å²) in [5, 5.41) is 12.6. The molecule has 0 radical (unpaired) electrons. The zero-order chi connectivity index (χ0) is 19.8. The first kappa shape index (κ1) is 18.5. The third kappa shape index (κ3) is 3.39. The first-order valence-electron chi connectivity index (χ1n) is 10.7. The number of piperidine rings is 3. The average Bonchev–Trinajstić information content (AvgIpc) is 2.79. The average molecular weight is 386 g/mol. The number of benzene rings is 2. The Balaban J connectivity index is 1.48. The molecule has 3 aliphatic heterocycles. The molecular weight excluding hydrogens is 356 g/mol. The minimum absolute atomic E-state index is 0.207. The van der Waals surface area contributed by atoms with Crippen molar-refractivity contribution in [1.82, 2.24) is 4.90 Å². The van der Waals surface area contributed by atoms with Gasteiger partial charge in [-0.1, -0.05) is 48.5 Å². The number of hydrogen-bond acceptors (Lipinski definition) is 2. The molecule has 3 fully saturated rings. The van der Waals surface area contributed by atoms with Gasteiger partial charge in [0.25, 0.3) is 0 Å². The molecule has 1 N–H and O–H groups in total. The molecule has 0 saturated carbocycles. The molecule has 1 aromatic heterocycles. The number of fused-ring (bicyclic) bond motifs is 4. The van der Waals surface area contributed by atoms with E-state index in [0.29, 0.717) is 11.8 Å². The van der Waals surface area contributed by atoms with Crippen LogP contribution in [0.15, 0.2) is 79.5 Å². The number of pyridine rings is 1. The van der Waals surface area contributed by atoms with E-state index >= 15 is 0 Å². The van der Waals surface area contributed by atoms with E-state index in [1.54, 1.807) is 0 Å². The number of rotatable bonds is 5. The van der Waals surface area contributed by atoms with Gasteiger partial charge in [-0.25, -0.2) is 0 Å². The van der Waals surface area contributed by atoms with Gasteiger partial charge in [-0.2, -0.15) is 4.57 Å². The van der Waals surface area contributed by atoms with Crippen LogP contribution in [0.1, 0.15) is 30.1 Å². The normalized spacial score (nSPS) is 27.1. The Hall–Kier alpha value is -2.49. The number of aliphatic hydroxyl groups excluding tert-OH is 1. The van der Waals surface area contributed by atoms with Gasteiger partial charge in [-0.3, -0.25) is 4.90 Å². The van der Waals surface area contributed by atoms with Crippen LogP contribution >= 0.6 is 0 Å². The molecule has 4 heterocycles. The number of aromatic nitrogens is 1. The lowest BCUT2D eigenvalue weighted by Crippen LogP contribution is -2.54. The molecule has 0 amide bonds. The summed E-state index contributed by atoms with van der Waals surface area (Å²) in [7, 11) is 0. The summed E-state index contributed by atoms with van der Waals surface area (Å²) in [6.45, 7) is 6.98. The van der Waals surface area contributed by atoms with E-state index in [0.717, 1.165) is 37.0 Å². The minimum atomic E-state index is -0.458. The Bertz CT molecular complexity index is 1020. The molecule has 3 nitrogen and oxygen atoms in total. The molecule has 2 aromatic carbocycles. The molecule has 3 heteroatoms. The predicted octanol–water partition coefficient (Wildman–Crippen LogP) is 4.11. The van der Waals surface area contributed by atoms with E-state index in [1.165, 1.54) is 17.5 Å². The van der Waals surface area contributed by atoms with E-state index in [1.807, 2.05) is 0 Å². The van der Waals surface area contributed by atoms with Crippen LogP contribution in [-0.4, -0.2) is 29.1 Å². The van der Waals surface area contributed by atoms with E-state index < -0.39 is 6.10 Å². The van der Waals surface area contributed by atoms with Crippen molar-refractivity contribution in [3.63, 3.8) is 0 Å². The Morgan fingerprint density at radius 1 is 1.10 bits per heavy atom. The molecule has 2 bridgehead atoms. The fourth-order valence-corrected chi connectivity index (χ4v) is 5.40. The number of para-hydroxylation sites is 1. The molecule has 3 saturated heterocycles. The lowest BCUT2D eigenvalue weighted by Gasteiger charge is -2.50. The summed E-state index contributed by atoms with van der Waals surface area (Å²) >= 11 is 0.